The molecule has 2 aromatic heterocycles. The van der Waals surface area contributed by atoms with Crippen molar-refractivity contribution >= 4 is 55.1 Å². The van der Waals surface area contributed by atoms with Crippen molar-refractivity contribution in [2.24, 2.45) is 0 Å². The molecule has 0 saturated carbocycles. The fourth-order valence-electron chi connectivity index (χ4n) is 3.86. The Morgan fingerprint density at radius 3 is 2.80 bits per heavy atom. The van der Waals surface area contributed by atoms with Crippen LogP contribution in [0.25, 0.3) is 21.1 Å². The van der Waals surface area contributed by atoms with Gasteiger partial charge in [-0.15, -0.1) is 0 Å². The summed E-state index contributed by atoms with van der Waals surface area (Å²) in [6.45, 7) is 0.709. The van der Waals surface area contributed by atoms with E-state index < -0.39 is 0 Å². The van der Waals surface area contributed by atoms with Gasteiger partial charge in [0, 0.05) is 23.6 Å². The van der Waals surface area contributed by atoms with E-state index in [9.17, 15) is 9.59 Å². The highest BCUT2D eigenvalue weighted by atomic mass is 35.5. The minimum atomic E-state index is -0.282. The van der Waals surface area contributed by atoms with E-state index in [0.29, 0.717) is 33.2 Å². The normalized spacial score (nSPS) is 14.3. The lowest BCUT2D eigenvalue weighted by atomic mass is 10.1. The number of hydrogen-bond donors (Lipinski definition) is 1. The van der Waals surface area contributed by atoms with Gasteiger partial charge in [-0.25, -0.2) is 9.97 Å². The molecule has 1 aliphatic rings. The van der Waals surface area contributed by atoms with Crippen LogP contribution in [0.1, 0.15) is 41.9 Å². The summed E-state index contributed by atoms with van der Waals surface area (Å²) >= 11 is 7.39. The minimum absolute atomic E-state index is 0.0214. The van der Waals surface area contributed by atoms with Crippen molar-refractivity contribution in [2.75, 3.05) is 5.32 Å². The van der Waals surface area contributed by atoms with Gasteiger partial charge in [0.1, 0.15) is 5.82 Å². The summed E-state index contributed by atoms with van der Waals surface area (Å²) in [6, 6.07) is 10.5. The number of benzene rings is 2. The van der Waals surface area contributed by atoms with Crippen LogP contribution in [0.2, 0.25) is 5.02 Å². The molecule has 0 fully saturated rings. The maximum Gasteiger partial charge on any atom is 0.261 e. The molecule has 1 amide bonds. The zero-order valence-electron chi connectivity index (χ0n) is 16.2. The predicted molar refractivity (Wildman–Crippen MR) is 121 cm³/mol. The summed E-state index contributed by atoms with van der Waals surface area (Å²) in [7, 11) is 0. The number of halogens is 1. The Labute approximate surface area is 181 Å². The van der Waals surface area contributed by atoms with Gasteiger partial charge >= 0.3 is 0 Å². The average Bonchev–Trinajstić information content (AvgIpc) is 3.10. The van der Waals surface area contributed by atoms with Crippen molar-refractivity contribution in [1.82, 2.24) is 14.5 Å². The van der Waals surface area contributed by atoms with Crippen molar-refractivity contribution in [3.05, 3.63) is 63.2 Å². The van der Waals surface area contributed by atoms with Crippen molar-refractivity contribution in [2.45, 2.75) is 38.6 Å². The molecule has 0 unspecified atom stereocenters. The number of nitrogens with one attached hydrogen (secondary N) is 1. The summed E-state index contributed by atoms with van der Waals surface area (Å²) in [5.41, 5.74) is 1.77. The van der Waals surface area contributed by atoms with Gasteiger partial charge < -0.3 is 0 Å². The third-order valence-corrected chi connectivity index (χ3v) is 6.57. The second-order valence-electron chi connectivity index (χ2n) is 7.47. The molecule has 5 rings (SSSR count). The maximum atomic E-state index is 12.9. The molecule has 2 aromatic carbocycles. The van der Waals surface area contributed by atoms with Gasteiger partial charge in [0.2, 0.25) is 0 Å². The second kappa shape index (κ2) is 7.81. The molecule has 6 nitrogen and oxygen atoms in total. The van der Waals surface area contributed by atoms with Crippen LogP contribution in [-0.2, 0) is 13.0 Å². The van der Waals surface area contributed by atoms with Crippen LogP contribution >= 0.6 is 22.9 Å². The van der Waals surface area contributed by atoms with Gasteiger partial charge in [0.15, 0.2) is 5.13 Å². The molecule has 1 aliphatic heterocycles. The molecule has 0 saturated heterocycles. The van der Waals surface area contributed by atoms with Gasteiger partial charge in [-0.05, 0) is 49.2 Å². The Morgan fingerprint density at radius 2 is 1.90 bits per heavy atom. The van der Waals surface area contributed by atoms with E-state index in [1.807, 2.05) is 12.1 Å². The molecule has 0 spiro atoms. The molecule has 0 aliphatic carbocycles. The van der Waals surface area contributed by atoms with Crippen molar-refractivity contribution in [3.8, 4) is 0 Å². The summed E-state index contributed by atoms with van der Waals surface area (Å²) < 4.78 is 2.71. The fraction of sp³-hybridized carbons (Fsp3) is 0.273. The number of carbonyl (C=O) groups excluding carboxylic acids is 1. The Balaban J connectivity index is 1.48. The zero-order valence-corrected chi connectivity index (χ0v) is 17.7. The highest BCUT2D eigenvalue weighted by Gasteiger charge is 2.16. The van der Waals surface area contributed by atoms with Crippen LogP contribution in [0.4, 0.5) is 5.13 Å². The van der Waals surface area contributed by atoms with Gasteiger partial charge in [-0.2, -0.15) is 0 Å². The summed E-state index contributed by atoms with van der Waals surface area (Å²) in [5.74, 6) is 0.531. The molecule has 152 valence electrons. The van der Waals surface area contributed by atoms with E-state index in [0.717, 1.165) is 48.1 Å². The molecule has 1 N–H and O–H groups in total. The quantitative estimate of drug-likeness (QED) is 0.476. The average molecular weight is 439 g/mol. The number of hydrogen-bond acceptors (Lipinski definition) is 5. The Morgan fingerprint density at radius 1 is 1.03 bits per heavy atom. The number of nitrogens with zero attached hydrogens (tertiary/aromatic N) is 3. The van der Waals surface area contributed by atoms with E-state index in [1.54, 1.807) is 28.8 Å². The van der Waals surface area contributed by atoms with Gasteiger partial charge in [-0.3, -0.25) is 19.5 Å². The standard InChI is InChI=1S/C22H19ClN4O2S/c23-14-7-9-16-18(12-14)30-22(25-16)26-20(28)13-6-8-15-17(11-13)24-19-5-3-1-2-4-10-27(19)21(15)29/h6-9,11-12H,1-5,10H2,(H,25,26,28). The first-order valence-electron chi connectivity index (χ1n) is 9.99. The summed E-state index contributed by atoms with van der Waals surface area (Å²) in [5, 5.41) is 4.52. The molecule has 0 atom stereocenters. The Kier molecular flexibility index (Phi) is 5.00. The fourth-order valence-corrected chi connectivity index (χ4v) is 4.99. The highest BCUT2D eigenvalue weighted by Crippen LogP contribution is 2.28. The van der Waals surface area contributed by atoms with Crippen LogP contribution in [0.3, 0.4) is 0 Å². The number of thiazole rings is 1. The number of aromatic nitrogens is 3. The lowest BCUT2D eigenvalue weighted by Gasteiger charge is -2.16. The number of aryl methyl sites for hydroxylation is 1. The SMILES string of the molecule is O=C(Nc1nc2ccc(Cl)cc2s1)c1ccc2c(=O)n3c(nc2c1)CCCCCC3. The van der Waals surface area contributed by atoms with Crippen LogP contribution in [0.5, 0.6) is 0 Å². The van der Waals surface area contributed by atoms with Crippen LogP contribution in [-0.4, -0.2) is 20.4 Å². The molecule has 8 heteroatoms. The molecule has 4 aromatic rings. The molecule has 0 radical (unpaired) electrons. The number of fused-ring (bicyclic) bond motifs is 3. The smallest absolute Gasteiger partial charge is 0.261 e. The third-order valence-electron chi connectivity index (χ3n) is 5.40. The Bertz CT molecular complexity index is 1340. The third kappa shape index (κ3) is 3.59. The number of carbonyl (C=O) groups is 1. The molecular formula is C22H19ClN4O2S. The summed E-state index contributed by atoms with van der Waals surface area (Å²) in [4.78, 5) is 34.9. The summed E-state index contributed by atoms with van der Waals surface area (Å²) in [6.07, 6.45) is 5.11. The monoisotopic (exact) mass is 438 g/mol. The van der Waals surface area contributed by atoms with Crippen molar-refractivity contribution in [3.63, 3.8) is 0 Å². The molecular weight excluding hydrogens is 420 g/mol. The Hall–Kier alpha value is -2.77. The first kappa shape index (κ1) is 19.2. The largest absolute Gasteiger partial charge is 0.298 e. The lowest BCUT2D eigenvalue weighted by Crippen LogP contribution is -2.26. The topological polar surface area (TPSA) is 76.9 Å². The molecule has 3 heterocycles. The molecule has 0 bridgehead atoms. The molecule has 30 heavy (non-hydrogen) atoms. The van der Waals surface area contributed by atoms with E-state index in [2.05, 4.69) is 10.3 Å². The van der Waals surface area contributed by atoms with Gasteiger partial charge in [0.25, 0.3) is 11.5 Å². The number of rotatable bonds is 2. The highest BCUT2D eigenvalue weighted by molar-refractivity contribution is 7.22. The van der Waals surface area contributed by atoms with E-state index in [-0.39, 0.29) is 11.5 Å². The van der Waals surface area contributed by atoms with Crippen LogP contribution in [0, 0.1) is 0 Å². The van der Waals surface area contributed by atoms with E-state index in [4.69, 9.17) is 16.6 Å². The second-order valence-corrected chi connectivity index (χ2v) is 8.93. The van der Waals surface area contributed by atoms with Crippen LogP contribution in [0.15, 0.2) is 41.2 Å². The maximum absolute atomic E-state index is 12.9. The number of anilines is 1. The van der Waals surface area contributed by atoms with Crippen molar-refractivity contribution < 1.29 is 4.79 Å². The van der Waals surface area contributed by atoms with Gasteiger partial charge in [0.05, 0.1) is 21.1 Å². The van der Waals surface area contributed by atoms with E-state index in [1.165, 1.54) is 11.3 Å². The van der Waals surface area contributed by atoms with E-state index >= 15 is 0 Å². The van der Waals surface area contributed by atoms with Crippen LogP contribution < -0.4 is 10.9 Å². The predicted octanol–water partition coefficient (Wildman–Crippen LogP) is 5.03. The zero-order chi connectivity index (χ0) is 20.7. The lowest BCUT2D eigenvalue weighted by molar-refractivity contribution is 0.102. The first-order valence-corrected chi connectivity index (χ1v) is 11.2. The first-order chi connectivity index (χ1) is 14.6. The van der Waals surface area contributed by atoms with Crippen molar-refractivity contribution in [1.29, 1.82) is 0 Å². The van der Waals surface area contributed by atoms with Gasteiger partial charge in [-0.1, -0.05) is 35.8 Å². The number of amides is 1. The minimum Gasteiger partial charge on any atom is -0.298 e.